The quantitative estimate of drug-likeness (QED) is 0.131. The molecule has 2 saturated heterocycles. The van der Waals surface area contributed by atoms with Gasteiger partial charge in [0.1, 0.15) is 35.3 Å². The lowest BCUT2D eigenvalue weighted by atomic mass is 10.0. The number of anilines is 4. The number of halogens is 2. The van der Waals surface area contributed by atoms with E-state index < -0.39 is 48.4 Å². The summed E-state index contributed by atoms with van der Waals surface area (Å²) in [7, 11) is 0. The molecule has 2 aromatic carbocycles. The van der Waals surface area contributed by atoms with E-state index in [9.17, 15) is 38.2 Å². The van der Waals surface area contributed by atoms with Crippen molar-refractivity contribution >= 4 is 57.7 Å². The standard InChI is InChI=1S/C46H48F2N12O8/c1-25(61)32(47)22-57-20-27-15-34(36(17-29(27)45(57)65)55-9-12-67-13-10-55)53-44(64)39-40(54-60-8-4-6-50-42(39)60)38-24-56(11-14-68-38)37-18-30-28(21-58(46(30)66)23-33(48)26(2)62)16-35(37)52-43(63)31-19-51-59-7-3-5-49-41(31)59/h3-8,15-19,25-26,32-33,38,61-62H,9-14,20-24H2,1-2H3,(H,52,63)(H,53,64)/t25-,26+,32-,33+,38?/m0/s1. The Morgan fingerprint density at radius 1 is 0.765 bits per heavy atom. The lowest BCUT2D eigenvalue weighted by molar-refractivity contribution is 0.0363. The van der Waals surface area contributed by atoms with Crippen LogP contribution in [0.1, 0.15) is 78.2 Å². The van der Waals surface area contributed by atoms with Crippen LogP contribution in [0, 0.1) is 0 Å². The number of hydrogen-bond acceptors (Lipinski definition) is 14. The van der Waals surface area contributed by atoms with Crippen LogP contribution in [0.5, 0.6) is 0 Å². The van der Waals surface area contributed by atoms with Crippen molar-refractivity contribution in [1.29, 1.82) is 0 Å². The molecule has 22 heteroatoms. The molecule has 6 aromatic rings. The molecule has 0 aliphatic carbocycles. The van der Waals surface area contributed by atoms with Crippen molar-refractivity contribution in [3.8, 4) is 0 Å². The van der Waals surface area contributed by atoms with E-state index in [4.69, 9.17) is 14.6 Å². The van der Waals surface area contributed by atoms with Gasteiger partial charge < -0.3 is 49.9 Å². The zero-order valence-electron chi connectivity index (χ0n) is 37.1. The monoisotopic (exact) mass is 934 g/mol. The van der Waals surface area contributed by atoms with Crippen molar-refractivity contribution in [1.82, 2.24) is 39.0 Å². The molecule has 5 atom stereocenters. The minimum atomic E-state index is -1.68. The average molecular weight is 935 g/mol. The lowest BCUT2D eigenvalue weighted by Crippen LogP contribution is -2.40. The van der Waals surface area contributed by atoms with Gasteiger partial charge in [0.05, 0.1) is 80.6 Å². The van der Waals surface area contributed by atoms with Gasteiger partial charge in [0.2, 0.25) is 0 Å². The first kappa shape index (κ1) is 44.7. The number of amides is 4. The Morgan fingerprint density at radius 2 is 1.32 bits per heavy atom. The van der Waals surface area contributed by atoms with Gasteiger partial charge in [-0.15, -0.1) is 0 Å². The van der Waals surface area contributed by atoms with Gasteiger partial charge in [-0.1, -0.05) is 0 Å². The highest BCUT2D eigenvalue weighted by molar-refractivity contribution is 6.12. The van der Waals surface area contributed by atoms with Crippen LogP contribution in [0.4, 0.5) is 31.5 Å². The Kier molecular flexibility index (Phi) is 11.9. The van der Waals surface area contributed by atoms with Gasteiger partial charge in [-0.25, -0.2) is 27.8 Å². The van der Waals surface area contributed by atoms with Gasteiger partial charge in [0, 0.05) is 68.6 Å². The van der Waals surface area contributed by atoms with Crippen molar-refractivity contribution in [2.45, 2.75) is 57.6 Å². The number of rotatable bonds is 13. The number of nitrogens with zero attached hydrogens (tertiary/aromatic N) is 10. The van der Waals surface area contributed by atoms with Crippen LogP contribution >= 0.6 is 0 Å². The second-order valence-corrected chi connectivity index (χ2v) is 17.3. The molecule has 1 unspecified atom stereocenters. The van der Waals surface area contributed by atoms with Gasteiger partial charge in [-0.05, 0) is 61.4 Å². The van der Waals surface area contributed by atoms with E-state index >= 15 is 0 Å². The number of fused-ring (bicyclic) bond motifs is 4. The molecule has 4 amide bonds. The minimum Gasteiger partial charge on any atom is -0.390 e. The summed E-state index contributed by atoms with van der Waals surface area (Å²) in [6.07, 6.45) is 1.07. The highest BCUT2D eigenvalue weighted by atomic mass is 19.1. The molecule has 0 radical (unpaired) electrons. The van der Waals surface area contributed by atoms with Crippen LogP contribution in [0.25, 0.3) is 11.3 Å². The molecule has 0 bridgehead atoms. The van der Waals surface area contributed by atoms with Crippen molar-refractivity contribution in [3.63, 3.8) is 0 Å². The fraction of sp³-hybridized carbons (Fsp3) is 0.391. The largest absolute Gasteiger partial charge is 0.390 e. The summed E-state index contributed by atoms with van der Waals surface area (Å²) in [5.41, 5.74) is 4.71. The number of carbonyl (C=O) groups excluding carboxylic acids is 4. The Bertz CT molecular complexity index is 2960. The summed E-state index contributed by atoms with van der Waals surface area (Å²) >= 11 is 0. The average Bonchev–Trinajstić information content (AvgIpc) is 4.10. The number of ether oxygens (including phenoxy) is 2. The van der Waals surface area contributed by atoms with E-state index in [1.165, 1.54) is 45.1 Å². The molecule has 68 heavy (non-hydrogen) atoms. The Balaban J connectivity index is 0.985. The molecule has 4 N–H and O–H groups in total. The van der Waals surface area contributed by atoms with Crippen molar-refractivity contribution in [2.24, 2.45) is 0 Å². The maximum absolute atomic E-state index is 14.9. The van der Waals surface area contributed by atoms with Crippen LogP contribution in [0.15, 0.2) is 67.4 Å². The molecular weight excluding hydrogens is 887 g/mol. The topological polar surface area (TPSA) is 225 Å². The van der Waals surface area contributed by atoms with E-state index in [0.717, 1.165) is 0 Å². The molecule has 10 rings (SSSR count). The summed E-state index contributed by atoms with van der Waals surface area (Å²) in [4.78, 5) is 71.7. The molecule has 4 aromatic heterocycles. The van der Waals surface area contributed by atoms with Gasteiger partial charge in [-0.2, -0.15) is 10.2 Å². The summed E-state index contributed by atoms with van der Waals surface area (Å²) in [5.74, 6) is -1.89. The van der Waals surface area contributed by atoms with Crippen LogP contribution in [-0.2, 0) is 22.6 Å². The summed E-state index contributed by atoms with van der Waals surface area (Å²) in [6, 6.07) is 10.1. The van der Waals surface area contributed by atoms with Gasteiger partial charge in [-0.3, -0.25) is 19.2 Å². The van der Waals surface area contributed by atoms with E-state index in [0.29, 0.717) is 83.5 Å². The third kappa shape index (κ3) is 8.32. The minimum absolute atomic E-state index is 0.0499. The number of nitrogens with one attached hydrogen (secondary N) is 2. The summed E-state index contributed by atoms with van der Waals surface area (Å²) < 4.78 is 44.4. The number of aliphatic hydroxyl groups is 2. The number of carbonyl (C=O) groups is 4. The molecule has 20 nitrogen and oxygen atoms in total. The third-order valence-corrected chi connectivity index (χ3v) is 12.8. The normalized spacial score (nSPS) is 19.1. The van der Waals surface area contributed by atoms with E-state index in [1.54, 1.807) is 55.0 Å². The molecule has 0 saturated carbocycles. The Labute approximate surface area is 387 Å². The number of morpholine rings is 2. The first-order valence-electron chi connectivity index (χ1n) is 22.3. The second kappa shape index (κ2) is 18.2. The molecule has 2 fully saturated rings. The van der Waals surface area contributed by atoms with Gasteiger partial charge in [0.15, 0.2) is 11.3 Å². The Hall–Kier alpha value is -7.14. The SMILES string of the molecule is C[C@H](O)[C@@H](F)CN1Cc2cc(NC(=O)c3c(C4CN(c5cc6c(cc5NC(=O)c5cnn7cccnc57)CN(C[C@@H](F)[C@@H](C)O)C6=O)CCO4)nn4cccnc34)c(N3CCOCC3)cc2C1=O. The maximum Gasteiger partial charge on any atom is 0.261 e. The van der Waals surface area contributed by atoms with Gasteiger partial charge >= 0.3 is 0 Å². The summed E-state index contributed by atoms with van der Waals surface area (Å²) in [5, 5.41) is 34.9. The first-order chi connectivity index (χ1) is 32.8. The zero-order chi connectivity index (χ0) is 47.4. The second-order valence-electron chi connectivity index (χ2n) is 17.3. The van der Waals surface area contributed by atoms with Crippen LogP contribution in [-0.4, -0.2) is 156 Å². The molecule has 8 heterocycles. The van der Waals surface area contributed by atoms with E-state index in [-0.39, 0.29) is 67.7 Å². The van der Waals surface area contributed by atoms with E-state index in [2.05, 4.69) is 25.7 Å². The van der Waals surface area contributed by atoms with Crippen molar-refractivity contribution in [2.75, 3.05) is 79.5 Å². The van der Waals surface area contributed by atoms with Crippen LogP contribution < -0.4 is 20.4 Å². The fourth-order valence-electron chi connectivity index (χ4n) is 9.11. The maximum atomic E-state index is 14.9. The molecule has 4 aliphatic rings. The van der Waals surface area contributed by atoms with E-state index in [1.807, 2.05) is 9.80 Å². The fourth-order valence-corrected chi connectivity index (χ4v) is 9.11. The Morgan fingerprint density at radius 3 is 1.94 bits per heavy atom. The number of aromatic nitrogens is 6. The number of aliphatic hydroxyl groups excluding tert-OH is 2. The van der Waals surface area contributed by atoms with Crippen molar-refractivity contribution < 1.29 is 47.6 Å². The number of hydrogen-bond donors (Lipinski definition) is 4. The molecule has 0 spiro atoms. The first-order valence-corrected chi connectivity index (χ1v) is 22.3. The predicted molar refractivity (Wildman–Crippen MR) is 241 cm³/mol. The summed E-state index contributed by atoms with van der Waals surface area (Å²) in [6.45, 7) is 4.46. The smallest absolute Gasteiger partial charge is 0.261 e. The highest BCUT2D eigenvalue weighted by Gasteiger charge is 2.37. The number of alkyl halides is 2. The zero-order valence-corrected chi connectivity index (χ0v) is 37.1. The molecule has 4 aliphatic heterocycles. The van der Waals surface area contributed by atoms with Gasteiger partial charge in [0.25, 0.3) is 23.6 Å². The molecule has 354 valence electrons. The lowest BCUT2D eigenvalue weighted by Gasteiger charge is -2.35. The molecular formula is C46H48F2N12O8. The third-order valence-electron chi connectivity index (χ3n) is 12.8. The van der Waals surface area contributed by atoms with Crippen LogP contribution in [0.2, 0.25) is 0 Å². The van der Waals surface area contributed by atoms with Crippen LogP contribution in [0.3, 0.4) is 0 Å². The highest BCUT2D eigenvalue weighted by Crippen LogP contribution is 2.40. The predicted octanol–water partition coefficient (Wildman–Crippen LogP) is 3.04. The number of benzene rings is 2. The van der Waals surface area contributed by atoms with Crippen molar-refractivity contribution in [3.05, 3.63) is 106 Å².